The van der Waals surface area contributed by atoms with E-state index in [1.54, 1.807) is 12.1 Å². The number of hydrogen-bond donors (Lipinski definition) is 1. The summed E-state index contributed by atoms with van der Waals surface area (Å²) in [6, 6.07) is 10.2. The molecule has 0 amide bonds. The number of benzene rings is 2. The maximum atomic E-state index is 14.5. The highest BCUT2D eigenvalue weighted by atomic mass is 35.5. The molecule has 0 fully saturated rings. The van der Waals surface area contributed by atoms with Crippen LogP contribution in [0.2, 0.25) is 5.02 Å². The number of aryl methyl sites for hydroxylation is 1. The number of ketones is 1. The summed E-state index contributed by atoms with van der Waals surface area (Å²) in [5.41, 5.74) is 3.19. The largest absolute Gasteiger partial charge is 0.512 e. The molecular weight excluding hydrogens is 387 g/mol. The Bertz CT molecular complexity index is 948. The normalized spacial score (nSPS) is 17.8. The topological polar surface area (TPSA) is 37.3 Å². The summed E-state index contributed by atoms with van der Waals surface area (Å²) < 4.78 is 14.5. The zero-order chi connectivity index (χ0) is 21.1. The Kier molecular flexibility index (Phi) is 6.79. The van der Waals surface area contributed by atoms with Crippen LogP contribution in [-0.2, 0) is 11.2 Å². The Morgan fingerprint density at radius 2 is 1.93 bits per heavy atom. The zero-order valence-corrected chi connectivity index (χ0v) is 18.0. The third-order valence-corrected chi connectivity index (χ3v) is 6.22. The summed E-state index contributed by atoms with van der Waals surface area (Å²) in [5.74, 6) is -0.197. The van der Waals surface area contributed by atoms with Crippen LogP contribution >= 0.6 is 11.6 Å². The highest BCUT2D eigenvalue weighted by Crippen LogP contribution is 2.41. The number of carbonyl (C=O) groups excluding carboxylic acids is 1. The molecule has 0 saturated carbocycles. The molecule has 1 aliphatic carbocycles. The van der Waals surface area contributed by atoms with E-state index in [0.29, 0.717) is 33.7 Å². The van der Waals surface area contributed by atoms with Gasteiger partial charge in [-0.15, -0.1) is 0 Å². The molecule has 1 N–H and O–H groups in total. The third-order valence-electron chi connectivity index (χ3n) is 5.99. The van der Waals surface area contributed by atoms with Crippen LogP contribution in [0.1, 0.15) is 57.6 Å². The fourth-order valence-corrected chi connectivity index (χ4v) is 4.37. The number of aliphatic hydroxyl groups is 1. The first kappa shape index (κ1) is 21.6. The van der Waals surface area contributed by atoms with E-state index in [-0.39, 0.29) is 23.4 Å². The molecule has 0 spiro atoms. The first-order valence-corrected chi connectivity index (χ1v) is 10.8. The van der Waals surface area contributed by atoms with Crippen molar-refractivity contribution >= 4 is 23.0 Å². The number of rotatable bonds is 7. The van der Waals surface area contributed by atoms with Crippen LogP contribution in [0, 0.1) is 17.7 Å². The van der Waals surface area contributed by atoms with E-state index in [4.69, 9.17) is 11.6 Å². The minimum Gasteiger partial charge on any atom is -0.512 e. The Labute approximate surface area is 177 Å². The minimum absolute atomic E-state index is 0.00883. The molecule has 29 heavy (non-hydrogen) atoms. The van der Waals surface area contributed by atoms with Gasteiger partial charge in [0.1, 0.15) is 11.6 Å². The van der Waals surface area contributed by atoms with Crippen molar-refractivity contribution in [2.24, 2.45) is 11.8 Å². The molecule has 0 radical (unpaired) electrons. The van der Waals surface area contributed by atoms with Crippen LogP contribution in [0.25, 0.3) is 16.7 Å². The van der Waals surface area contributed by atoms with E-state index in [9.17, 15) is 14.3 Å². The van der Waals surface area contributed by atoms with Gasteiger partial charge in [-0.25, -0.2) is 4.39 Å². The number of allylic oxidation sites excluding steroid dienone is 2. The maximum absolute atomic E-state index is 14.5. The van der Waals surface area contributed by atoms with Crippen molar-refractivity contribution in [3.05, 3.63) is 64.1 Å². The van der Waals surface area contributed by atoms with Gasteiger partial charge in [0.25, 0.3) is 0 Å². The van der Waals surface area contributed by atoms with E-state index in [1.807, 2.05) is 25.1 Å². The highest BCUT2D eigenvalue weighted by Gasteiger charge is 2.37. The number of carbonyl (C=O) groups is 1. The quantitative estimate of drug-likeness (QED) is 0.512. The van der Waals surface area contributed by atoms with Gasteiger partial charge in [-0.3, -0.25) is 4.79 Å². The van der Waals surface area contributed by atoms with Crippen LogP contribution in [-0.4, -0.2) is 10.9 Å². The number of aliphatic hydroxyl groups excluding tert-OH is 1. The number of hydrogen-bond acceptors (Lipinski definition) is 2. The van der Waals surface area contributed by atoms with E-state index >= 15 is 0 Å². The predicted molar refractivity (Wildman–Crippen MR) is 118 cm³/mol. The maximum Gasteiger partial charge on any atom is 0.170 e. The predicted octanol–water partition coefficient (Wildman–Crippen LogP) is 7.39. The van der Waals surface area contributed by atoms with E-state index in [0.717, 1.165) is 31.2 Å². The Morgan fingerprint density at radius 3 is 2.59 bits per heavy atom. The fraction of sp³-hybridized carbons (Fsp3) is 0.400. The van der Waals surface area contributed by atoms with Crippen LogP contribution in [0.15, 0.2) is 42.2 Å². The molecule has 0 aromatic heterocycles. The van der Waals surface area contributed by atoms with Crippen LogP contribution < -0.4 is 0 Å². The zero-order valence-electron chi connectivity index (χ0n) is 17.3. The van der Waals surface area contributed by atoms with Crippen molar-refractivity contribution in [3.8, 4) is 11.1 Å². The average Bonchev–Trinajstić information content (AvgIpc) is 2.99. The molecule has 4 heteroatoms. The number of halogens is 2. The van der Waals surface area contributed by atoms with Gasteiger partial charge in [-0.05, 0) is 53.3 Å². The van der Waals surface area contributed by atoms with Crippen LogP contribution in [0.4, 0.5) is 4.39 Å². The second kappa shape index (κ2) is 9.13. The summed E-state index contributed by atoms with van der Waals surface area (Å²) in [6.45, 7) is 6.24. The first-order chi connectivity index (χ1) is 13.9. The van der Waals surface area contributed by atoms with E-state index in [2.05, 4.69) is 13.8 Å². The van der Waals surface area contributed by atoms with Gasteiger partial charge in [0.15, 0.2) is 5.78 Å². The molecule has 154 valence electrons. The smallest absolute Gasteiger partial charge is 0.170 e. The van der Waals surface area contributed by atoms with Gasteiger partial charge >= 0.3 is 0 Å². The summed E-state index contributed by atoms with van der Waals surface area (Å²) >= 11 is 5.88. The minimum atomic E-state index is -0.408. The molecule has 1 aliphatic rings. The van der Waals surface area contributed by atoms with Crippen LogP contribution in [0.3, 0.4) is 0 Å². The second-order valence-corrected chi connectivity index (χ2v) is 8.40. The van der Waals surface area contributed by atoms with Crippen molar-refractivity contribution in [3.63, 3.8) is 0 Å². The molecule has 2 nitrogen and oxygen atoms in total. The lowest BCUT2D eigenvalue weighted by Crippen LogP contribution is -2.18. The molecule has 2 atom stereocenters. The van der Waals surface area contributed by atoms with E-state index in [1.165, 1.54) is 6.07 Å². The van der Waals surface area contributed by atoms with Crippen molar-refractivity contribution < 1.29 is 14.3 Å². The summed E-state index contributed by atoms with van der Waals surface area (Å²) in [5, 5.41) is 11.0. The third kappa shape index (κ3) is 4.40. The monoisotopic (exact) mass is 414 g/mol. The molecule has 0 bridgehead atoms. The van der Waals surface area contributed by atoms with Gasteiger partial charge in [-0.1, -0.05) is 63.8 Å². The average molecular weight is 415 g/mol. The summed E-state index contributed by atoms with van der Waals surface area (Å²) in [4.78, 5) is 13.2. The van der Waals surface area contributed by atoms with Crippen molar-refractivity contribution in [2.45, 2.75) is 52.9 Å². The summed E-state index contributed by atoms with van der Waals surface area (Å²) in [7, 11) is 0. The van der Waals surface area contributed by atoms with E-state index < -0.39 is 5.82 Å². The second-order valence-electron chi connectivity index (χ2n) is 7.97. The molecule has 2 aromatic rings. The fourth-order valence-electron chi connectivity index (χ4n) is 4.21. The number of unbranched alkanes of at least 4 members (excludes halogenated alkanes) is 1. The molecule has 0 aliphatic heterocycles. The number of Topliss-reactive ketones (excluding diaryl/α,β-unsaturated/α-hetero) is 1. The van der Waals surface area contributed by atoms with Crippen molar-refractivity contribution in [1.82, 2.24) is 0 Å². The van der Waals surface area contributed by atoms with Gasteiger partial charge in [-0.2, -0.15) is 0 Å². The Hall–Kier alpha value is -2.13. The molecule has 0 heterocycles. The molecule has 3 rings (SSSR count). The molecular formula is C25H28ClFO2. The van der Waals surface area contributed by atoms with Gasteiger partial charge < -0.3 is 5.11 Å². The Morgan fingerprint density at radius 1 is 1.17 bits per heavy atom. The van der Waals surface area contributed by atoms with Gasteiger partial charge in [0.05, 0.1) is 5.57 Å². The highest BCUT2D eigenvalue weighted by molar-refractivity contribution is 6.30. The van der Waals surface area contributed by atoms with Gasteiger partial charge in [0, 0.05) is 22.9 Å². The van der Waals surface area contributed by atoms with Gasteiger partial charge in [0.2, 0.25) is 0 Å². The lowest BCUT2D eigenvalue weighted by atomic mass is 9.84. The lowest BCUT2D eigenvalue weighted by Gasteiger charge is -2.18. The molecule has 0 saturated heterocycles. The SMILES string of the molecule is CCCCC(C)[C@@H]1CC(O)=C(c2cc(-c3ccc(Cl)cc3F)ccc2CC)C1=O. The standard InChI is InChI=1S/C25H28ClFO2/c1-4-6-7-15(3)20-14-23(28)24(25(20)29)21-12-17(9-8-16(21)5-2)19-11-10-18(26)13-22(19)27/h8-13,15,20,28H,4-7,14H2,1-3H3/t15?,20-/m0/s1. The van der Waals surface area contributed by atoms with Crippen LogP contribution in [0.5, 0.6) is 0 Å². The first-order valence-electron chi connectivity index (χ1n) is 10.4. The Balaban J connectivity index is 2.01. The molecule has 2 aromatic carbocycles. The van der Waals surface area contributed by atoms with Crippen molar-refractivity contribution in [2.75, 3.05) is 0 Å². The molecule has 1 unspecified atom stereocenters. The van der Waals surface area contributed by atoms with Crippen molar-refractivity contribution in [1.29, 1.82) is 0 Å². The summed E-state index contributed by atoms with van der Waals surface area (Å²) in [6.07, 6.45) is 4.25. The lowest BCUT2D eigenvalue weighted by molar-refractivity contribution is -0.118.